The van der Waals surface area contributed by atoms with Gasteiger partial charge in [-0.25, -0.2) is 8.78 Å². The number of halogens is 2. The standard InChI is InChI=1S/C15H20F2O/c1-15(2)9-4-3-6-10(15)14(18)13-11(16)7-5-8-12(13)17/h5,7-8,10,14,18H,3-4,6,9H2,1-2H3. The van der Waals surface area contributed by atoms with E-state index < -0.39 is 17.7 Å². The van der Waals surface area contributed by atoms with Crippen molar-refractivity contribution in [3.8, 4) is 0 Å². The van der Waals surface area contributed by atoms with Gasteiger partial charge < -0.3 is 5.11 Å². The van der Waals surface area contributed by atoms with Gasteiger partial charge in [-0.2, -0.15) is 0 Å². The zero-order chi connectivity index (χ0) is 13.3. The average Bonchev–Trinajstić information content (AvgIpc) is 2.27. The second kappa shape index (κ2) is 4.96. The summed E-state index contributed by atoms with van der Waals surface area (Å²) >= 11 is 0. The summed E-state index contributed by atoms with van der Waals surface area (Å²) in [6.07, 6.45) is 2.89. The molecule has 1 aromatic carbocycles. The monoisotopic (exact) mass is 254 g/mol. The van der Waals surface area contributed by atoms with E-state index in [4.69, 9.17) is 0 Å². The van der Waals surface area contributed by atoms with Crippen molar-refractivity contribution in [2.24, 2.45) is 11.3 Å². The molecule has 0 spiro atoms. The Kier molecular flexibility index (Phi) is 3.71. The molecule has 1 aliphatic rings. The minimum Gasteiger partial charge on any atom is -0.388 e. The molecule has 1 N–H and O–H groups in total. The lowest BCUT2D eigenvalue weighted by atomic mass is 9.65. The third kappa shape index (κ3) is 2.41. The van der Waals surface area contributed by atoms with Crippen molar-refractivity contribution in [2.75, 3.05) is 0 Å². The Morgan fingerprint density at radius 1 is 1.22 bits per heavy atom. The molecule has 1 aliphatic carbocycles. The number of hydrogen-bond acceptors (Lipinski definition) is 1. The van der Waals surface area contributed by atoms with Crippen molar-refractivity contribution < 1.29 is 13.9 Å². The molecular weight excluding hydrogens is 234 g/mol. The van der Waals surface area contributed by atoms with E-state index in [1.165, 1.54) is 18.2 Å². The topological polar surface area (TPSA) is 20.2 Å². The van der Waals surface area contributed by atoms with E-state index in [-0.39, 0.29) is 16.9 Å². The highest BCUT2D eigenvalue weighted by atomic mass is 19.1. The SMILES string of the molecule is CC1(C)CCCCC1C(O)c1c(F)cccc1F. The van der Waals surface area contributed by atoms with Crippen LogP contribution in [-0.4, -0.2) is 5.11 Å². The molecule has 18 heavy (non-hydrogen) atoms. The molecule has 1 saturated carbocycles. The fraction of sp³-hybridized carbons (Fsp3) is 0.600. The van der Waals surface area contributed by atoms with Crippen molar-refractivity contribution in [1.82, 2.24) is 0 Å². The van der Waals surface area contributed by atoms with E-state index in [0.29, 0.717) is 0 Å². The van der Waals surface area contributed by atoms with Crippen molar-refractivity contribution in [2.45, 2.75) is 45.6 Å². The van der Waals surface area contributed by atoms with Crippen LogP contribution in [0, 0.1) is 23.0 Å². The third-order valence-electron chi connectivity index (χ3n) is 4.27. The van der Waals surface area contributed by atoms with Gasteiger partial charge in [0.2, 0.25) is 0 Å². The molecular formula is C15H20F2O. The lowest BCUT2D eigenvalue weighted by molar-refractivity contribution is 0.0000119. The molecule has 2 atom stereocenters. The van der Waals surface area contributed by atoms with Crippen molar-refractivity contribution >= 4 is 0 Å². The molecule has 0 heterocycles. The first-order chi connectivity index (χ1) is 8.43. The van der Waals surface area contributed by atoms with Crippen molar-refractivity contribution in [3.05, 3.63) is 35.4 Å². The van der Waals surface area contributed by atoms with Crippen LogP contribution < -0.4 is 0 Å². The van der Waals surface area contributed by atoms with E-state index in [9.17, 15) is 13.9 Å². The van der Waals surface area contributed by atoms with Crippen LogP contribution in [0.4, 0.5) is 8.78 Å². The molecule has 1 aromatic rings. The molecule has 100 valence electrons. The summed E-state index contributed by atoms with van der Waals surface area (Å²) in [5.74, 6) is -1.38. The van der Waals surface area contributed by atoms with Crippen LogP contribution in [0.2, 0.25) is 0 Å². The van der Waals surface area contributed by atoms with Gasteiger partial charge in [-0.15, -0.1) is 0 Å². The Morgan fingerprint density at radius 3 is 2.39 bits per heavy atom. The number of aliphatic hydroxyl groups excluding tert-OH is 1. The van der Waals surface area contributed by atoms with E-state index in [0.717, 1.165) is 25.7 Å². The maximum atomic E-state index is 13.7. The van der Waals surface area contributed by atoms with Gasteiger partial charge in [-0.3, -0.25) is 0 Å². The van der Waals surface area contributed by atoms with Gasteiger partial charge in [0, 0.05) is 0 Å². The Bertz CT molecular complexity index is 408. The van der Waals surface area contributed by atoms with Gasteiger partial charge in [-0.05, 0) is 36.3 Å². The van der Waals surface area contributed by atoms with Gasteiger partial charge in [0.15, 0.2) is 0 Å². The van der Waals surface area contributed by atoms with E-state index in [1.54, 1.807) is 0 Å². The van der Waals surface area contributed by atoms with Crippen LogP contribution >= 0.6 is 0 Å². The fourth-order valence-corrected chi connectivity index (χ4v) is 3.10. The Hall–Kier alpha value is -0.960. The van der Waals surface area contributed by atoms with Crippen LogP contribution in [0.1, 0.15) is 51.2 Å². The summed E-state index contributed by atoms with van der Waals surface area (Å²) in [5, 5.41) is 10.4. The molecule has 0 aromatic heterocycles. The molecule has 0 amide bonds. The van der Waals surface area contributed by atoms with Gasteiger partial charge in [0.25, 0.3) is 0 Å². The summed E-state index contributed by atoms with van der Waals surface area (Å²) in [6.45, 7) is 4.14. The molecule has 2 rings (SSSR count). The molecule has 3 heteroatoms. The largest absolute Gasteiger partial charge is 0.388 e. The minimum absolute atomic E-state index is 0.0770. The van der Waals surface area contributed by atoms with E-state index in [1.807, 2.05) is 0 Å². The van der Waals surface area contributed by atoms with Crippen LogP contribution in [0.25, 0.3) is 0 Å². The average molecular weight is 254 g/mol. The molecule has 2 unspecified atom stereocenters. The van der Waals surface area contributed by atoms with Gasteiger partial charge in [0.1, 0.15) is 11.6 Å². The second-order valence-corrected chi connectivity index (χ2v) is 5.92. The number of benzene rings is 1. The smallest absolute Gasteiger partial charge is 0.131 e. The maximum absolute atomic E-state index is 13.7. The summed E-state index contributed by atoms with van der Waals surface area (Å²) in [7, 11) is 0. The Labute approximate surface area is 107 Å². The summed E-state index contributed by atoms with van der Waals surface area (Å²) in [4.78, 5) is 0. The molecule has 0 aliphatic heterocycles. The fourth-order valence-electron chi connectivity index (χ4n) is 3.10. The Morgan fingerprint density at radius 2 is 1.83 bits per heavy atom. The number of hydrogen-bond donors (Lipinski definition) is 1. The number of rotatable bonds is 2. The first kappa shape index (κ1) is 13.5. The predicted octanol–water partition coefficient (Wildman–Crippen LogP) is 4.21. The van der Waals surface area contributed by atoms with Crippen LogP contribution in [0.3, 0.4) is 0 Å². The number of aliphatic hydroxyl groups is 1. The zero-order valence-electron chi connectivity index (χ0n) is 10.9. The molecule has 1 fully saturated rings. The van der Waals surface area contributed by atoms with Crippen LogP contribution in [0.5, 0.6) is 0 Å². The first-order valence-electron chi connectivity index (χ1n) is 6.55. The van der Waals surface area contributed by atoms with E-state index in [2.05, 4.69) is 13.8 Å². The summed E-state index contributed by atoms with van der Waals surface area (Å²) in [6, 6.07) is 3.74. The van der Waals surface area contributed by atoms with Crippen LogP contribution in [0.15, 0.2) is 18.2 Å². The lowest BCUT2D eigenvalue weighted by Gasteiger charge is -2.41. The zero-order valence-corrected chi connectivity index (χ0v) is 10.9. The van der Waals surface area contributed by atoms with Gasteiger partial charge in [0.05, 0.1) is 11.7 Å². The Balaban J connectivity index is 2.33. The molecule has 0 saturated heterocycles. The summed E-state index contributed by atoms with van der Waals surface area (Å²) in [5.41, 5.74) is -0.246. The third-order valence-corrected chi connectivity index (χ3v) is 4.27. The quantitative estimate of drug-likeness (QED) is 0.838. The predicted molar refractivity (Wildman–Crippen MR) is 67.1 cm³/mol. The summed E-state index contributed by atoms with van der Waals surface area (Å²) < 4.78 is 27.4. The molecule has 0 radical (unpaired) electrons. The van der Waals surface area contributed by atoms with Gasteiger partial charge >= 0.3 is 0 Å². The van der Waals surface area contributed by atoms with Crippen molar-refractivity contribution in [1.29, 1.82) is 0 Å². The molecule has 1 nitrogen and oxygen atoms in total. The lowest BCUT2D eigenvalue weighted by Crippen LogP contribution is -2.33. The highest BCUT2D eigenvalue weighted by Crippen LogP contribution is 2.47. The normalized spacial score (nSPS) is 24.8. The van der Waals surface area contributed by atoms with E-state index >= 15 is 0 Å². The second-order valence-electron chi connectivity index (χ2n) is 5.92. The first-order valence-corrected chi connectivity index (χ1v) is 6.55. The van der Waals surface area contributed by atoms with Crippen molar-refractivity contribution in [3.63, 3.8) is 0 Å². The maximum Gasteiger partial charge on any atom is 0.131 e. The minimum atomic E-state index is -1.05. The highest BCUT2D eigenvalue weighted by molar-refractivity contribution is 5.23. The van der Waals surface area contributed by atoms with Crippen LogP contribution in [-0.2, 0) is 0 Å². The highest BCUT2D eigenvalue weighted by Gasteiger charge is 2.39. The van der Waals surface area contributed by atoms with Gasteiger partial charge in [-0.1, -0.05) is 32.8 Å². The molecule has 0 bridgehead atoms.